The minimum Gasteiger partial charge on any atom is -0.478 e. The zero-order chi connectivity index (χ0) is 14.6. The summed E-state index contributed by atoms with van der Waals surface area (Å²) in [6, 6.07) is 4.89. The summed E-state index contributed by atoms with van der Waals surface area (Å²) in [6.45, 7) is 6.14. The summed E-state index contributed by atoms with van der Waals surface area (Å²) in [5, 5.41) is 21.7. The number of aliphatic hydroxyl groups excluding tert-OH is 1. The fourth-order valence-corrected chi connectivity index (χ4v) is 2.16. The molecule has 0 saturated carbocycles. The molecule has 19 heavy (non-hydrogen) atoms. The lowest BCUT2D eigenvalue weighted by atomic mass is 9.84. The molecule has 0 aliphatic heterocycles. The standard InChI is InChI=1S/C14H20ClNO3/c1-14(2,3)11(7-8-17)16-10-6-4-5-9(15)12(10)13(18)19/h4-6,11,16-17H,7-8H2,1-3H3,(H,18,19). The van der Waals surface area contributed by atoms with Gasteiger partial charge >= 0.3 is 5.97 Å². The van der Waals surface area contributed by atoms with Crippen LogP contribution < -0.4 is 5.32 Å². The third kappa shape index (κ3) is 4.11. The molecule has 0 fully saturated rings. The first-order chi connectivity index (χ1) is 8.77. The number of aromatic carboxylic acids is 1. The van der Waals surface area contributed by atoms with Crippen molar-refractivity contribution in [3.05, 3.63) is 28.8 Å². The van der Waals surface area contributed by atoms with Crippen LogP contribution in [0.1, 0.15) is 37.6 Å². The van der Waals surface area contributed by atoms with E-state index in [-0.39, 0.29) is 28.6 Å². The third-order valence-corrected chi connectivity index (χ3v) is 3.34. The maximum Gasteiger partial charge on any atom is 0.339 e. The number of carbonyl (C=O) groups is 1. The van der Waals surface area contributed by atoms with Gasteiger partial charge in [-0.3, -0.25) is 0 Å². The molecule has 0 aliphatic carbocycles. The molecule has 0 aliphatic rings. The minimum absolute atomic E-state index is 0.0396. The quantitative estimate of drug-likeness (QED) is 0.777. The molecule has 3 N–H and O–H groups in total. The Balaban J connectivity index is 3.10. The van der Waals surface area contributed by atoms with Gasteiger partial charge in [-0.15, -0.1) is 0 Å². The van der Waals surface area contributed by atoms with Crippen LogP contribution >= 0.6 is 11.6 Å². The van der Waals surface area contributed by atoms with Gasteiger partial charge in [0.05, 0.1) is 10.7 Å². The Hall–Kier alpha value is -1.26. The van der Waals surface area contributed by atoms with Gasteiger partial charge in [0.1, 0.15) is 5.56 Å². The van der Waals surface area contributed by atoms with Gasteiger partial charge in [0.25, 0.3) is 0 Å². The van der Waals surface area contributed by atoms with Crippen LogP contribution in [0.15, 0.2) is 18.2 Å². The highest BCUT2D eigenvalue weighted by Crippen LogP contribution is 2.30. The van der Waals surface area contributed by atoms with Crippen LogP contribution in [0.5, 0.6) is 0 Å². The van der Waals surface area contributed by atoms with E-state index in [0.717, 1.165) is 0 Å². The number of nitrogens with one attached hydrogen (secondary N) is 1. The molecule has 0 aromatic heterocycles. The monoisotopic (exact) mass is 285 g/mol. The van der Waals surface area contributed by atoms with Crippen molar-refractivity contribution < 1.29 is 15.0 Å². The summed E-state index contributed by atoms with van der Waals surface area (Å²) in [5.41, 5.74) is 0.436. The van der Waals surface area contributed by atoms with Gasteiger partial charge < -0.3 is 15.5 Å². The van der Waals surface area contributed by atoms with E-state index in [9.17, 15) is 9.90 Å². The Labute approximate surface area is 118 Å². The van der Waals surface area contributed by atoms with Crippen molar-refractivity contribution in [2.45, 2.75) is 33.2 Å². The maximum absolute atomic E-state index is 11.3. The number of benzene rings is 1. The second kappa shape index (κ2) is 6.26. The van der Waals surface area contributed by atoms with Gasteiger partial charge in [-0.1, -0.05) is 38.4 Å². The minimum atomic E-state index is -1.07. The molecule has 1 unspecified atom stereocenters. The molecule has 1 aromatic carbocycles. The first-order valence-electron chi connectivity index (χ1n) is 6.16. The Morgan fingerprint density at radius 1 is 1.42 bits per heavy atom. The number of halogens is 1. The van der Waals surface area contributed by atoms with Gasteiger partial charge in [-0.2, -0.15) is 0 Å². The van der Waals surface area contributed by atoms with Crippen LogP contribution in [0.3, 0.4) is 0 Å². The highest BCUT2D eigenvalue weighted by Gasteiger charge is 2.26. The van der Waals surface area contributed by atoms with Crippen molar-refractivity contribution in [1.29, 1.82) is 0 Å². The van der Waals surface area contributed by atoms with E-state index in [1.54, 1.807) is 18.2 Å². The Morgan fingerprint density at radius 2 is 2.05 bits per heavy atom. The van der Waals surface area contributed by atoms with E-state index in [1.165, 1.54) is 0 Å². The molecule has 0 amide bonds. The number of aliphatic hydroxyl groups is 1. The Morgan fingerprint density at radius 3 is 2.53 bits per heavy atom. The van der Waals surface area contributed by atoms with Gasteiger partial charge in [-0.05, 0) is 24.0 Å². The van der Waals surface area contributed by atoms with E-state index in [4.69, 9.17) is 16.7 Å². The van der Waals surface area contributed by atoms with Crippen LogP contribution in [0.2, 0.25) is 5.02 Å². The smallest absolute Gasteiger partial charge is 0.339 e. The first kappa shape index (κ1) is 15.8. The highest BCUT2D eigenvalue weighted by atomic mass is 35.5. The molecule has 0 bridgehead atoms. The van der Waals surface area contributed by atoms with Crippen molar-refractivity contribution >= 4 is 23.3 Å². The lowest BCUT2D eigenvalue weighted by Gasteiger charge is -2.32. The zero-order valence-electron chi connectivity index (χ0n) is 11.4. The molecule has 0 radical (unpaired) electrons. The summed E-state index contributed by atoms with van der Waals surface area (Å²) in [4.78, 5) is 11.3. The van der Waals surface area contributed by atoms with Gasteiger partial charge in [0.15, 0.2) is 0 Å². The molecule has 4 nitrogen and oxygen atoms in total. The van der Waals surface area contributed by atoms with Gasteiger partial charge in [0, 0.05) is 12.6 Å². The predicted octanol–water partition coefficient (Wildman–Crippen LogP) is 3.25. The first-order valence-corrected chi connectivity index (χ1v) is 6.54. The van der Waals surface area contributed by atoms with Crippen LogP contribution in [-0.2, 0) is 0 Å². The average Bonchev–Trinajstić information content (AvgIpc) is 2.26. The molecular formula is C14H20ClNO3. The van der Waals surface area contributed by atoms with Crippen molar-refractivity contribution in [3.8, 4) is 0 Å². The summed E-state index contributed by atoms with van der Waals surface area (Å²) < 4.78 is 0. The van der Waals surface area contributed by atoms with Crippen LogP contribution in [0.25, 0.3) is 0 Å². The number of carboxylic acid groups (broad SMARTS) is 1. The summed E-state index contributed by atoms with van der Waals surface area (Å²) >= 11 is 5.93. The van der Waals surface area contributed by atoms with Crippen molar-refractivity contribution in [3.63, 3.8) is 0 Å². The number of rotatable bonds is 5. The third-order valence-electron chi connectivity index (χ3n) is 3.02. The van der Waals surface area contributed by atoms with E-state index in [2.05, 4.69) is 5.32 Å². The van der Waals surface area contributed by atoms with Crippen LogP contribution in [-0.4, -0.2) is 28.8 Å². The van der Waals surface area contributed by atoms with E-state index < -0.39 is 5.97 Å². The van der Waals surface area contributed by atoms with E-state index >= 15 is 0 Å². The lowest BCUT2D eigenvalue weighted by Crippen LogP contribution is -2.35. The molecule has 0 spiro atoms. The fourth-order valence-electron chi connectivity index (χ4n) is 1.90. The molecule has 106 valence electrons. The number of anilines is 1. The summed E-state index contributed by atoms with van der Waals surface area (Å²) in [5.74, 6) is -1.07. The molecule has 5 heteroatoms. The zero-order valence-corrected chi connectivity index (χ0v) is 12.2. The average molecular weight is 286 g/mol. The van der Waals surface area contributed by atoms with Gasteiger partial charge in [-0.25, -0.2) is 4.79 Å². The largest absolute Gasteiger partial charge is 0.478 e. The van der Waals surface area contributed by atoms with E-state index in [1.807, 2.05) is 20.8 Å². The molecule has 1 rings (SSSR count). The van der Waals surface area contributed by atoms with Crippen LogP contribution in [0.4, 0.5) is 5.69 Å². The Kier molecular flexibility index (Phi) is 5.20. The summed E-state index contributed by atoms with van der Waals surface area (Å²) in [7, 11) is 0. The van der Waals surface area contributed by atoms with Gasteiger partial charge in [0.2, 0.25) is 0 Å². The maximum atomic E-state index is 11.3. The highest BCUT2D eigenvalue weighted by molar-refractivity contribution is 6.34. The number of hydrogen-bond acceptors (Lipinski definition) is 3. The summed E-state index contributed by atoms with van der Waals surface area (Å²) in [6.07, 6.45) is 0.537. The second-order valence-electron chi connectivity index (χ2n) is 5.54. The predicted molar refractivity (Wildman–Crippen MR) is 77.0 cm³/mol. The SMILES string of the molecule is CC(C)(C)C(CCO)Nc1cccc(Cl)c1C(=O)O. The Bertz CT molecular complexity index is 454. The van der Waals surface area contributed by atoms with Crippen molar-refractivity contribution in [1.82, 2.24) is 0 Å². The lowest BCUT2D eigenvalue weighted by molar-refractivity contribution is 0.0698. The van der Waals surface area contributed by atoms with E-state index in [0.29, 0.717) is 12.1 Å². The fraction of sp³-hybridized carbons (Fsp3) is 0.500. The molecule has 0 saturated heterocycles. The topological polar surface area (TPSA) is 69.6 Å². The number of hydrogen-bond donors (Lipinski definition) is 3. The van der Waals surface area contributed by atoms with Crippen molar-refractivity contribution in [2.75, 3.05) is 11.9 Å². The molecule has 0 heterocycles. The van der Waals surface area contributed by atoms with Crippen molar-refractivity contribution in [2.24, 2.45) is 5.41 Å². The second-order valence-corrected chi connectivity index (χ2v) is 5.95. The van der Waals surface area contributed by atoms with Crippen LogP contribution in [0, 0.1) is 5.41 Å². The molecular weight excluding hydrogens is 266 g/mol. The normalized spacial score (nSPS) is 13.1. The molecule has 1 atom stereocenters. The molecule has 1 aromatic rings. The number of carboxylic acids is 1.